The average Bonchev–Trinajstić information content (AvgIpc) is 2.81. The van der Waals surface area contributed by atoms with E-state index in [0.29, 0.717) is 13.1 Å². The quantitative estimate of drug-likeness (QED) is 0.365. The number of piperazine rings is 1. The molecule has 0 bridgehead atoms. The Morgan fingerprint density at radius 2 is 1.79 bits per heavy atom. The highest BCUT2D eigenvalue weighted by Gasteiger charge is 2.22. The van der Waals surface area contributed by atoms with Crippen LogP contribution in [0, 0.1) is 17.0 Å². The molecule has 0 spiro atoms. The van der Waals surface area contributed by atoms with Gasteiger partial charge in [0.05, 0.1) is 4.92 Å². The molecule has 3 rings (SSSR count). The van der Waals surface area contributed by atoms with Crippen molar-refractivity contribution in [1.29, 1.82) is 0 Å². The Balaban J connectivity index is 1.36. The van der Waals surface area contributed by atoms with Crippen LogP contribution >= 0.6 is 0 Å². The van der Waals surface area contributed by atoms with Gasteiger partial charge in [0, 0.05) is 50.4 Å². The first-order chi connectivity index (χ1) is 15.8. The van der Waals surface area contributed by atoms with Crippen molar-refractivity contribution >= 4 is 23.5 Å². The van der Waals surface area contributed by atoms with Crippen LogP contribution in [-0.2, 0) is 20.9 Å². The van der Waals surface area contributed by atoms with E-state index >= 15 is 0 Å². The van der Waals surface area contributed by atoms with Gasteiger partial charge in [-0.25, -0.2) is 0 Å². The van der Waals surface area contributed by atoms with Gasteiger partial charge in [0.15, 0.2) is 6.61 Å². The zero-order chi connectivity index (χ0) is 23.8. The summed E-state index contributed by atoms with van der Waals surface area (Å²) in [5.74, 6) is -1.70. The molecular weight excluding hydrogens is 428 g/mol. The first-order valence-corrected chi connectivity index (χ1v) is 10.6. The summed E-state index contributed by atoms with van der Waals surface area (Å²) >= 11 is 0. The summed E-state index contributed by atoms with van der Waals surface area (Å²) in [6.07, 6.45) is 0. The van der Waals surface area contributed by atoms with E-state index in [0.717, 1.165) is 25.7 Å². The van der Waals surface area contributed by atoms with Gasteiger partial charge in [0.2, 0.25) is 0 Å². The lowest BCUT2D eigenvalue weighted by molar-refractivity contribution is -0.384. The minimum atomic E-state index is -0.764. The second kappa shape index (κ2) is 11.2. The van der Waals surface area contributed by atoms with Crippen molar-refractivity contribution in [2.24, 2.45) is 0 Å². The molecule has 0 unspecified atom stereocenters. The van der Waals surface area contributed by atoms with E-state index in [1.807, 2.05) is 6.07 Å². The van der Waals surface area contributed by atoms with E-state index in [9.17, 15) is 24.5 Å². The summed E-state index contributed by atoms with van der Waals surface area (Å²) in [5.41, 5.74) is 2.27. The molecular formula is C23H26N4O6. The van der Waals surface area contributed by atoms with Crippen LogP contribution in [0.1, 0.15) is 21.5 Å². The van der Waals surface area contributed by atoms with Gasteiger partial charge < -0.3 is 15.0 Å². The summed E-state index contributed by atoms with van der Waals surface area (Å²) in [7, 11) is 0. The van der Waals surface area contributed by atoms with E-state index in [-0.39, 0.29) is 17.2 Å². The zero-order valence-corrected chi connectivity index (χ0v) is 18.4. The topological polar surface area (TPSA) is 122 Å². The Bertz CT molecular complexity index is 1030. The number of hydrogen-bond acceptors (Lipinski definition) is 7. The summed E-state index contributed by atoms with van der Waals surface area (Å²) in [6.45, 7) is 4.59. The molecule has 0 aliphatic carbocycles. The summed E-state index contributed by atoms with van der Waals surface area (Å²) in [6, 6.07) is 13.5. The molecule has 0 radical (unpaired) electrons. The first kappa shape index (κ1) is 23.9. The molecule has 2 aromatic rings. The highest BCUT2D eigenvalue weighted by molar-refractivity contribution is 5.96. The monoisotopic (exact) mass is 454 g/mol. The van der Waals surface area contributed by atoms with Crippen molar-refractivity contribution < 1.29 is 24.0 Å². The first-order valence-electron chi connectivity index (χ1n) is 10.6. The molecule has 10 nitrogen and oxygen atoms in total. The van der Waals surface area contributed by atoms with Crippen molar-refractivity contribution in [3.8, 4) is 0 Å². The van der Waals surface area contributed by atoms with Crippen LogP contribution in [0.3, 0.4) is 0 Å². The van der Waals surface area contributed by atoms with Gasteiger partial charge in [0.1, 0.15) is 6.54 Å². The number of rotatable bonds is 8. The van der Waals surface area contributed by atoms with E-state index in [4.69, 9.17) is 4.74 Å². The minimum Gasteiger partial charge on any atom is -0.454 e. The van der Waals surface area contributed by atoms with E-state index in [1.165, 1.54) is 29.3 Å². The van der Waals surface area contributed by atoms with Gasteiger partial charge in [0.25, 0.3) is 17.5 Å². The third-order valence-corrected chi connectivity index (χ3v) is 5.28. The Hall–Kier alpha value is -3.79. The van der Waals surface area contributed by atoms with Crippen LogP contribution < -0.4 is 5.32 Å². The van der Waals surface area contributed by atoms with Crippen LogP contribution in [0.15, 0.2) is 48.5 Å². The number of hydrogen-bond donors (Lipinski definition) is 1. The number of ether oxygens (including phenoxy) is 1. The van der Waals surface area contributed by atoms with E-state index in [2.05, 4.69) is 35.3 Å². The second-order valence-electron chi connectivity index (χ2n) is 7.80. The van der Waals surface area contributed by atoms with Crippen molar-refractivity contribution in [3.05, 3.63) is 75.3 Å². The lowest BCUT2D eigenvalue weighted by Crippen LogP contribution is -2.49. The summed E-state index contributed by atoms with van der Waals surface area (Å²) in [4.78, 5) is 50.4. The van der Waals surface area contributed by atoms with Gasteiger partial charge >= 0.3 is 5.97 Å². The molecule has 1 aliphatic heterocycles. The summed E-state index contributed by atoms with van der Waals surface area (Å²) < 4.78 is 4.97. The van der Waals surface area contributed by atoms with Gasteiger partial charge in [-0.3, -0.25) is 29.4 Å². The van der Waals surface area contributed by atoms with Crippen molar-refractivity contribution in [3.63, 3.8) is 0 Å². The third kappa shape index (κ3) is 7.11. The van der Waals surface area contributed by atoms with Crippen LogP contribution in [0.4, 0.5) is 5.69 Å². The number of carbonyl (C=O) groups excluding carboxylic acids is 3. The Labute approximate surface area is 191 Å². The van der Waals surface area contributed by atoms with Crippen molar-refractivity contribution in [2.45, 2.75) is 13.5 Å². The molecule has 0 atom stereocenters. The maximum Gasteiger partial charge on any atom is 0.325 e. The number of carbonyl (C=O) groups is 3. The molecule has 1 heterocycles. The SMILES string of the molecule is Cc1cccc(CN2CCN(C(=O)COC(=O)CNC(=O)c3cccc([N+](=O)[O-])c3)CC2)c1. The number of benzene rings is 2. The second-order valence-corrected chi connectivity index (χ2v) is 7.80. The normalized spacial score (nSPS) is 13.9. The van der Waals surface area contributed by atoms with E-state index < -0.39 is 30.0 Å². The molecule has 0 saturated carbocycles. The molecule has 2 aromatic carbocycles. The number of nitro groups is 1. The fourth-order valence-corrected chi connectivity index (χ4v) is 3.52. The molecule has 2 amide bonds. The largest absolute Gasteiger partial charge is 0.454 e. The molecule has 1 N–H and O–H groups in total. The molecule has 33 heavy (non-hydrogen) atoms. The molecule has 1 saturated heterocycles. The van der Waals surface area contributed by atoms with Crippen LogP contribution in [-0.4, -0.2) is 71.8 Å². The molecule has 174 valence electrons. The third-order valence-electron chi connectivity index (χ3n) is 5.28. The van der Waals surface area contributed by atoms with Crippen molar-refractivity contribution in [2.75, 3.05) is 39.3 Å². The predicted octanol–water partition coefficient (Wildman–Crippen LogP) is 1.52. The number of nitrogens with zero attached hydrogens (tertiary/aromatic N) is 3. The fourth-order valence-electron chi connectivity index (χ4n) is 3.52. The van der Waals surface area contributed by atoms with Gasteiger partial charge in [-0.05, 0) is 18.6 Å². The molecule has 1 aliphatic rings. The molecule has 1 fully saturated rings. The van der Waals surface area contributed by atoms with Crippen LogP contribution in [0.5, 0.6) is 0 Å². The number of nitrogens with one attached hydrogen (secondary N) is 1. The van der Waals surface area contributed by atoms with Gasteiger partial charge in [-0.2, -0.15) is 0 Å². The number of esters is 1. The lowest BCUT2D eigenvalue weighted by atomic mass is 10.1. The molecule has 10 heteroatoms. The number of amides is 2. The number of aryl methyl sites for hydroxylation is 1. The van der Waals surface area contributed by atoms with Gasteiger partial charge in [-0.1, -0.05) is 35.9 Å². The number of nitro benzene ring substituents is 1. The Morgan fingerprint density at radius 3 is 2.48 bits per heavy atom. The predicted molar refractivity (Wildman–Crippen MR) is 119 cm³/mol. The minimum absolute atomic E-state index is 0.0524. The fraction of sp³-hybridized carbons (Fsp3) is 0.348. The van der Waals surface area contributed by atoms with E-state index in [1.54, 1.807) is 4.90 Å². The maximum absolute atomic E-state index is 12.4. The zero-order valence-electron chi connectivity index (χ0n) is 18.4. The van der Waals surface area contributed by atoms with Gasteiger partial charge in [-0.15, -0.1) is 0 Å². The maximum atomic E-state index is 12.4. The Kier molecular flexibility index (Phi) is 8.09. The summed E-state index contributed by atoms with van der Waals surface area (Å²) in [5, 5.41) is 13.1. The molecule has 0 aromatic heterocycles. The highest BCUT2D eigenvalue weighted by Crippen LogP contribution is 2.13. The number of non-ortho nitro benzene ring substituents is 1. The highest BCUT2D eigenvalue weighted by atomic mass is 16.6. The smallest absolute Gasteiger partial charge is 0.325 e. The van der Waals surface area contributed by atoms with Crippen molar-refractivity contribution in [1.82, 2.24) is 15.1 Å². The lowest BCUT2D eigenvalue weighted by Gasteiger charge is -2.34. The standard InChI is InChI=1S/C23H26N4O6/c1-17-4-2-5-18(12-17)15-25-8-10-26(11-9-25)21(28)16-33-22(29)14-24-23(30)19-6-3-7-20(13-19)27(31)32/h2-7,12-13H,8-11,14-16H2,1H3,(H,24,30). The average molecular weight is 454 g/mol. The van der Waals surface area contributed by atoms with Crippen LogP contribution in [0.2, 0.25) is 0 Å². The Morgan fingerprint density at radius 1 is 1.06 bits per heavy atom. The van der Waals surface area contributed by atoms with Crippen LogP contribution in [0.25, 0.3) is 0 Å².